The molecule has 0 saturated carbocycles. The second kappa shape index (κ2) is 5.29. The molecule has 1 aromatic rings. The van der Waals surface area contributed by atoms with Gasteiger partial charge in [-0.25, -0.2) is 13.1 Å². The normalized spacial score (nSPS) is 13.6. The molecule has 1 aromatic carbocycles. The van der Waals surface area contributed by atoms with Gasteiger partial charge in [0.1, 0.15) is 0 Å². The van der Waals surface area contributed by atoms with Gasteiger partial charge in [0.2, 0.25) is 10.0 Å². The zero-order chi connectivity index (χ0) is 12.2. The first-order valence-corrected chi connectivity index (χ1v) is 6.54. The van der Waals surface area contributed by atoms with E-state index in [0.29, 0.717) is 11.3 Å². The van der Waals surface area contributed by atoms with Crippen molar-refractivity contribution in [1.82, 2.24) is 4.72 Å². The van der Waals surface area contributed by atoms with Crippen LogP contribution in [0, 0.1) is 0 Å². The van der Waals surface area contributed by atoms with Crippen LogP contribution in [0.2, 0.25) is 0 Å². The Hall–Kier alpha value is -1.11. The van der Waals surface area contributed by atoms with Gasteiger partial charge in [-0.15, -0.1) is 0 Å². The molecule has 0 aliphatic heterocycles. The molecule has 1 rings (SSSR count). The largest absolute Gasteiger partial charge is 0.398 e. The minimum absolute atomic E-state index is 0.177. The minimum Gasteiger partial charge on any atom is -0.398 e. The monoisotopic (exact) mass is 244 g/mol. The van der Waals surface area contributed by atoms with Gasteiger partial charge in [0.05, 0.1) is 12.4 Å². The molecule has 0 spiro atoms. The number of hydrogen-bond acceptors (Lipinski definition) is 4. The van der Waals surface area contributed by atoms with Crippen molar-refractivity contribution in [3.63, 3.8) is 0 Å². The fourth-order valence-corrected chi connectivity index (χ4v) is 2.70. The Morgan fingerprint density at radius 2 is 2.06 bits per heavy atom. The maximum absolute atomic E-state index is 11.6. The van der Waals surface area contributed by atoms with E-state index in [1.165, 1.54) is 0 Å². The molecule has 4 N–H and O–H groups in total. The Labute approximate surface area is 95.3 Å². The summed E-state index contributed by atoms with van der Waals surface area (Å²) < 4.78 is 25.6. The van der Waals surface area contributed by atoms with Gasteiger partial charge in [-0.3, -0.25) is 0 Å². The molecule has 90 valence electrons. The van der Waals surface area contributed by atoms with Crippen LogP contribution in [-0.4, -0.2) is 26.2 Å². The molecule has 0 aliphatic carbocycles. The van der Waals surface area contributed by atoms with Crippen LogP contribution in [0.4, 0.5) is 5.69 Å². The molecule has 0 saturated heterocycles. The number of sulfonamides is 1. The molecule has 0 aliphatic rings. The molecule has 0 heterocycles. The number of benzene rings is 1. The summed E-state index contributed by atoms with van der Waals surface area (Å²) in [4.78, 5) is 0. The predicted molar refractivity (Wildman–Crippen MR) is 63.2 cm³/mol. The molecular formula is C10H16N2O3S. The van der Waals surface area contributed by atoms with Gasteiger partial charge in [0.15, 0.2) is 0 Å². The van der Waals surface area contributed by atoms with Crippen molar-refractivity contribution in [2.45, 2.75) is 18.7 Å². The second-order valence-corrected chi connectivity index (χ2v) is 5.41. The van der Waals surface area contributed by atoms with E-state index < -0.39 is 16.1 Å². The van der Waals surface area contributed by atoms with Gasteiger partial charge < -0.3 is 10.8 Å². The molecule has 0 fully saturated rings. The second-order valence-electron chi connectivity index (χ2n) is 3.66. The van der Waals surface area contributed by atoms with E-state index in [9.17, 15) is 8.42 Å². The topological polar surface area (TPSA) is 92.4 Å². The third-order valence-corrected chi connectivity index (χ3v) is 3.51. The lowest BCUT2D eigenvalue weighted by molar-refractivity contribution is 0.265. The van der Waals surface area contributed by atoms with Gasteiger partial charge >= 0.3 is 0 Å². The van der Waals surface area contributed by atoms with Crippen LogP contribution in [0.5, 0.6) is 0 Å². The van der Waals surface area contributed by atoms with Gasteiger partial charge in [-0.1, -0.05) is 18.2 Å². The number of hydrogen-bond donors (Lipinski definition) is 3. The number of rotatable bonds is 5. The van der Waals surface area contributed by atoms with Crippen molar-refractivity contribution in [1.29, 1.82) is 0 Å². The fourth-order valence-electron chi connectivity index (χ4n) is 1.26. The summed E-state index contributed by atoms with van der Waals surface area (Å²) in [5.74, 6) is -0.177. The van der Waals surface area contributed by atoms with Gasteiger partial charge in [0.25, 0.3) is 0 Å². The molecule has 0 bridgehead atoms. The Bertz CT molecular complexity index is 445. The van der Waals surface area contributed by atoms with E-state index in [1.807, 2.05) is 0 Å². The van der Waals surface area contributed by atoms with Gasteiger partial charge in [-0.2, -0.15) is 0 Å². The van der Waals surface area contributed by atoms with E-state index in [-0.39, 0.29) is 12.4 Å². The average Bonchev–Trinajstić information content (AvgIpc) is 2.20. The molecule has 6 heteroatoms. The van der Waals surface area contributed by atoms with E-state index in [0.717, 1.165) is 0 Å². The first kappa shape index (κ1) is 13.0. The highest BCUT2D eigenvalue weighted by Crippen LogP contribution is 2.13. The quantitative estimate of drug-likeness (QED) is 0.639. The molecular weight excluding hydrogens is 228 g/mol. The maximum atomic E-state index is 11.6. The van der Waals surface area contributed by atoms with E-state index >= 15 is 0 Å². The van der Waals surface area contributed by atoms with Gasteiger partial charge in [0, 0.05) is 11.7 Å². The van der Waals surface area contributed by atoms with Crippen LogP contribution in [0.3, 0.4) is 0 Å². The molecule has 0 unspecified atom stereocenters. The third kappa shape index (κ3) is 3.80. The predicted octanol–water partition coefficient (Wildman–Crippen LogP) is 0.0690. The first-order valence-electron chi connectivity index (χ1n) is 4.89. The average molecular weight is 244 g/mol. The molecule has 1 atom stereocenters. The lowest BCUT2D eigenvalue weighted by Gasteiger charge is -2.12. The summed E-state index contributed by atoms with van der Waals surface area (Å²) in [5.41, 5.74) is 6.65. The first-order chi connectivity index (χ1) is 7.44. The molecule has 0 radical (unpaired) electrons. The Balaban J connectivity index is 2.77. The molecule has 0 aromatic heterocycles. The fraction of sp³-hybridized carbons (Fsp3) is 0.400. The third-order valence-electron chi connectivity index (χ3n) is 2.06. The lowest BCUT2D eigenvalue weighted by atomic mass is 10.2. The Morgan fingerprint density at radius 3 is 2.62 bits per heavy atom. The minimum atomic E-state index is -3.46. The molecule has 5 nitrogen and oxygen atoms in total. The number of aliphatic hydroxyl groups excluding tert-OH is 1. The highest BCUT2D eigenvalue weighted by atomic mass is 32.2. The zero-order valence-electron chi connectivity index (χ0n) is 9.05. The lowest BCUT2D eigenvalue weighted by Crippen LogP contribution is -2.35. The maximum Gasteiger partial charge on any atom is 0.216 e. The number of anilines is 1. The van der Waals surface area contributed by atoms with Crippen LogP contribution in [0.15, 0.2) is 24.3 Å². The van der Waals surface area contributed by atoms with E-state index in [1.54, 1.807) is 31.2 Å². The van der Waals surface area contributed by atoms with Crippen molar-refractivity contribution in [2.24, 2.45) is 0 Å². The van der Waals surface area contributed by atoms with Crippen LogP contribution in [-0.2, 0) is 15.8 Å². The smallest absolute Gasteiger partial charge is 0.216 e. The highest BCUT2D eigenvalue weighted by molar-refractivity contribution is 7.88. The number of nitrogens with one attached hydrogen (secondary N) is 1. The summed E-state index contributed by atoms with van der Waals surface area (Å²) in [7, 11) is -3.46. The summed E-state index contributed by atoms with van der Waals surface area (Å²) in [6, 6.07) is 6.31. The highest BCUT2D eigenvalue weighted by Gasteiger charge is 2.15. The van der Waals surface area contributed by atoms with Crippen molar-refractivity contribution in [2.75, 3.05) is 12.3 Å². The molecule has 0 amide bonds. The van der Waals surface area contributed by atoms with Gasteiger partial charge in [-0.05, 0) is 18.6 Å². The number of nitrogens with two attached hydrogens (primary N) is 1. The van der Waals surface area contributed by atoms with Crippen LogP contribution in [0.25, 0.3) is 0 Å². The van der Waals surface area contributed by atoms with Crippen LogP contribution < -0.4 is 10.5 Å². The summed E-state index contributed by atoms with van der Waals surface area (Å²) in [6.45, 7) is 1.36. The summed E-state index contributed by atoms with van der Waals surface area (Å²) in [6.07, 6.45) is 0. The summed E-state index contributed by atoms with van der Waals surface area (Å²) in [5, 5.41) is 8.77. The van der Waals surface area contributed by atoms with Crippen molar-refractivity contribution < 1.29 is 13.5 Å². The number of nitrogen functional groups attached to an aromatic ring is 1. The van der Waals surface area contributed by atoms with Crippen molar-refractivity contribution in [3.8, 4) is 0 Å². The van der Waals surface area contributed by atoms with Crippen molar-refractivity contribution in [3.05, 3.63) is 29.8 Å². The standard InChI is InChI=1S/C10H16N2O3S/c1-8(6-13)12-16(14,15)7-9-4-2-3-5-10(9)11/h2-5,8,12-13H,6-7,11H2,1H3/t8-/m1/s1. The van der Waals surface area contributed by atoms with E-state index in [4.69, 9.17) is 10.8 Å². The Kier molecular flexibility index (Phi) is 4.28. The Morgan fingerprint density at radius 1 is 1.44 bits per heavy atom. The number of para-hydroxylation sites is 1. The van der Waals surface area contributed by atoms with Crippen LogP contribution >= 0.6 is 0 Å². The van der Waals surface area contributed by atoms with E-state index in [2.05, 4.69) is 4.72 Å². The zero-order valence-corrected chi connectivity index (χ0v) is 9.87. The van der Waals surface area contributed by atoms with Crippen molar-refractivity contribution >= 4 is 15.7 Å². The summed E-state index contributed by atoms with van der Waals surface area (Å²) >= 11 is 0. The SMILES string of the molecule is C[C@H](CO)NS(=O)(=O)Cc1ccccc1N. The number of aliphatic hydroxyl groups is 1. The van der Waals surface area contributed by atoms with Crippen LogP contribution in [0.1, 0.15) is 12.5 Å². The molecule has 16 heavy (non-hydrogen) atoms.